The first-order valence-corrected chi connectivity index (χ1v) is 3.54. The number of hydrogen-bond donors (Lipinski definition) is 2. The molecule has 0 atom stereocenters. The van der Waals surface area contributed by atoms with Gasteiger partial charge in [0.15, 0.2) is 17.4 Å². The summed E-state index contributed by atoms with van der Waals surface area (Å²) in [6.45, 7) is 0. The summed E-state index contributed by atoms with van der Waals surface area (Å²) in [4.78, 5) is 0. The number of nitriles is 1. The van der Waals surface area contributed by atoms with E-state index in [-0.39, 0.29) is 0 Å². The van der Waals surface area contributed by atoms with Gasteiger partial charge >= 0.3 is 0 Å². The van der Waals surface area contributed by atoms with Gasteiger partial charge in [0.2, 0.25) is 0 Å². The molecular formula is C8H7F2N3O. The normalized spacial score (nSPS) is 9.57. The number of ether oxygens (including phenoxy) is 1. The lowest BCUT2D eigenvalue weighted by molar-refractivity contribution is 0.360. The quantitative estimate of drug-likeness (QED) is 0.661. The lowest BCUT2D eigenvalue weighted by Gasteiger charge is -2.09. The van der Waals surface area contributed by atoms with Crippen LogP contribution in [0, 0.1) is 23.0 Å². The number of rotatable bonds is 1. The van der Waals surface area contributed by atoms with E-state index < -0.39 is 34.3 Å². The van der Waals surface area contributed by atoms with Crippen molar-refractivity contribution in [3.63, 3.8) is 0 Å². The Morgan fingerprint density at radius 1 is 1.21 bits per heavy atom. The first-order valence-electron chi connectivity index (χ1n) is 3.54. The molecule has 1 aromatic rings. The number of nitrogens with two attached hydrogens (primary N) is 2. The predicted octanol–water partition coefficient (Wildman–Crippen LogP) is 1.01. The van der Waals surface area contributed by atoms with E-state index in [2.05, 4.69) is 4.74 Å². The molecule has 0 amide bonds. The summed E-state index contributed by atoms with van der Waals surface area (Å²) in [6, 6.07) is 1.48. The van der Waals surface area contributed by atoms with Gasteiger partial charge in [-0.15, -0.1) is 0 Å². The molecule has 0 spiro atoms. The molecule has 0 saturated carbocycles. The SMILES string of the molecule is COc1c(F)c(N)c(N)c(C#N)c1F. The molecule has 14 heavy (non-hydrogen) atoms. The van der Waals surface area contributed by atoms with Gasteiger partial charge in [0, 0.05) is 0 Å². The molecule has 0 aromatic heterocycles. The van der Waals surface area contributed by atoms with Crippen LogP contribution in [0.5, 0.6) is 5.75 Å². The molecule has 0 bridgehead atoms. The van der Waals surface area contributed by atoms with Crippen LogP contribution in [-0.4, -0.2) is 7.11 Å². The van der Waals surface area contributed by atoms with Crippen LogP contribution in [0.3, 0.4) is 0 Å². The number of nitrogen functional groups attached to an aromatic ring is 2. The molecule has 0 aliphatic carbocycles. The Balaban J connectivity index is 3.67. The van der Waals surface area contributed by atoms with Crippen molar-refractivity contribution in [2.75, 3.05) is 18.6 Å². The topological polar surface area (TPSA) is 85.1 Å². The number of nitrogens with zero attached hydrogens (tertiary/aromatic N) is 1. The molecule has 0 fully saturated rings. The van der Waals surface area contributed by atoms with Crippen LogP contribution in [0.1, 0.15) is 5.56 Å². The molecule has 0 unspecified atom stereocenters. The van der Waals surface area contributed by atoms with Crippen molar-refractivity contribution in [3.8, 4) is 11.8 Å². The Labute approximate surface area is 78.7 Å². The van der Waals surface area contributed by atoms with Crippen LogP contribution in [0.15, 0.2) is 0 Å². The number of anilines is 2. The summed E-state index contributed by atoms with van der Waals surface area (Å²) in [7, 11) is 1.07. The molecule has 6 heteroatoms. The van der Waals surface area contributed by atoms with Crippen molar-refractivity contribution in [1.29, 1.82) is 5.26 Å². The van der Waals surface area contributed by atoms with Gasteiger partial charge in [-0.2, -0.15) is 5.26 Å². The van der Waals surface area contributed by atoms with E-state index in [1.807, 2.05) is 0 Å². The van der Waals surface area contributed by atoms with Gasteiger partial charge in [0.05, 0.1) is 18.5 Å². The zero-order chi connectivity index (χ0) is 10.9. The minimum absolute atomic E-state index is 0.414. The zero-order valence-corrected chi connectivity index (χ0v) is 7.27. The van der Waals surface area contributed by atoms with Gasteiger partial charge in [-0.25, -0.2) is 8.78 Å². The smallest absolute Gasteiger partial charge is 0.194 e. The summed E-state index contributed by atoms with van der Waals surface area (Å²) >= 11 is 0. The second kappa shape index (κ2) is 3.38. The van der Waals surface area contributed by atoms with Crippen molar-refractivity contribution in [2.45, 2.75) is 0 Å². The second-order valence-corrected chi connectivity index (χ2v) is 2.48. The highest BCUT2D eigenvalue weighted by Gasteiger charge is 2.22. The molecule has 0 aliphatic heterocycles. The third-order valence-corrected chi connectivity index (χ3v) is 1.73. The molecule has 1 rings (SSSR count). The number of benzene rings is 1. The minimum Gasteiger partial charge on any atom is -0.491 e. The van der Waals surface area contributed by atoms with Gasteiger partial charge in [-0.05, 0) is 0 Å². The van der Waals surface area contributed by atoms with Crippen molar-refractivity contribution >= 4 is 11.4 Å². The van der Waals surface area contributed by atoms with Crippen molar-refractivity contribution in [2.24, 2.45) is 0 Å². The van der Waals surface area contributed by atoms with Gasteiger partial charge in [0.25, 0.3) is 0 Å². The standard InChI is InChI=1S/C8H7F2N3O/c1-14-8-4(9)3(2-11)6(12)7(13)5(8)10/h12-13H2,1H3. The molecule has 74 valence electrons. The Kier molecular flexibility index (Phi) is 2.42. The summed E-state index contributed by atoms with van der Waals surface area (Å²) in [5.74, 6) is -2.94. The molecule has 0 saturated heterocycles. The van der Waals surface area contributed by atoms with Crippen LogP contribution in [0.4, 0.5) is 20.2 Å². The van der Waals surface area contributed by atoms with Gasteiger partial charge in [-0.3, -0.25) is 0 Å². The maximum atomic E-state index is 13.3. The fourth-order valence-corrected chi connectivity index (χ4v) is 0.992. The molecule has 1 aromatic carbocycles. The Bertz CT molecular complexity index is 423. The molecule has 0 aliphatic rings. The Morgan fingerprint density at radius 2 is 1.79 bits per heavy atom. The van der Waals surface area contributed by atoms with E-state index in [4.69, 9.17) is 16.7 Å². The van der Waals surface area contributed by atoms with Crippen LogP contribution in [-0.2, 0) is 0 Å². The molecule has 4 nitrogen and oxygen atoms in total. The average Bonchev–Trinajstić information content (AvgIpc) is 2.16. The first kappa shape index (κ1) is 10.1. The van der Waals surface area contributed by atoms with Gasteiger partial charge < -0.3 is 16.2 Å². The van der Waals surface area contributed by atoms with E-state index in [1.54, 1.807) is 0 Å². The van der Waals surface area contributed by atoms with Gasteiger partial charge in [0.1, 0.15) is 11.6 Å². The maximum absolute atomic E-state index is 13.3. The van der Waals surface area contributed by atoms with E-state index in [0.717, 1.165) is 7.11 Å². The Morgan fingerprint density at radius 3 is 2.21 bits per heavy atom. The number of halogens is 2. The monoisotopic (exact) mass is 199 g/mol. The third kappa shape index (κ3) is 1.19. The van der Waals surface area contributed by atoms with Crippen LogP contribution in [0.2, 0.25) is 0 Å². The average molecular weight is 199 g/mol. The van der Waals surface area contributed by atoms with E-state index in [9.17, 15) is 8.78 Å². The highest BCUT2D eigenvalue weighted by molar-refractivity contribution is 5.74. The molecule has 4 N–H and O–H groups in total. The van der Waals surface area contributed by atoms with E-state index in [1.165, 1.54) is 6.07 Å². The van der Waals surface area contributed by atoms with Crippen molar-refractivity contribution < 1.29 is 13.5 Å². The fourth-order valence-electron chi connectivity index (χ4n) is 0.992. The highest BCUT2D eigenvalue weighted by Crippen LogP contribution is 2.34. The fraction of sp³-hybridized carbons (Fsp3) is 0.125. The predicted molar refractivity (Wildman–Crippen MR) is 46.4 cm³/mol. The first-order chi connectivity index (χ1) is 6.54. The van der Waals surface area contributed by atoms with E-state index >= 15 is 0 Å². The molecular weight excluding hydrogens is 192 g/mol. The van der Waals surface area contributed by atoms with Crippen LogP contribution < -0.4 is 16.2 Å². The van der Waals surface area contributed by atoms with E-state index in [0.29, 0.717) is 0 Å². The van der Waals surface area contributed by atoms with Gasteiger partial charge in [-0.1, -0.05) is 0 Å². The Hall–Kier alpha value is -2.03. The molecule has 0 radical (unpaired) electrons. The minimum atomic E-state index is -1.14. The van der Waals surface area contributed by atoms with Crippen LogP contribution >= 0.6 is 0 Å². The lowest BCUT2D eigenvalue weighted by atomic mass is 10.1. The summed E-state index contributed by atoms with van der Waals surface area (Å²) in [5, 5.41) is 8.53. The number of hydrogen-bond acceptors (Lipinski definition) is 4. The largest absolute Gasteiger partial charge is 0.491 e. The highest BCUT2D eigenvalue weighted by atomic mass is 19.1. The summed E-state index contributed by atoms with van der Waals surface area (Å²) in [5.41, 5.74) is 9.03. The van der Waals surface area contributed by atoms with Crippen molar-refractivity contribution in [3.05, 3.63) is 17.2 Å². The molecule has 0 heterocycles. The second-order valence-electron chi connectivity index (χ2n) is 2.48. The number of methoxy groups -OCH3 is 1. The maximum Gasteiger partial charge on any atom is 0.194 e. The van der Waals surface area contributed by atoms with Crippen LogP contribution in [0.25, 0.3) is 0 Å². The summed E-state index contributed by atoms with van der Waals surface area (Å²) in [6.07, 6.45) is 0. The third-order valence-electron chi connectivity index (χ3n) is 1.73. The lowest BCUT2D eigenvalue weighted by Crippen LogP contribution is -2.06. The zero-order valence-electron chi connectivity index (χ0n) is 7.27. The summed E-state index contributed by atoms with van der Waals surface area (Å²) < 4.78 is 30.8. The van der Waals surface area contributed by atoms with Crippen molar-refractivity contribution in [1.82, 2.24) is 0 Å².